The molecule has 0 saturated carbocycles. The minimum atomic E-state index is -0.946. The van der Waals surface area contributed by atoms with Crippen LogP contribution in [0.2, 0.25) is 0 Å². The Balaban J connectivity index is 2.29. The summed E-state index contributed by atoms with van der Waals surface area (Å²) in [7, 11) is 0. The van der Waals surface area contributed by atoms with Gasteiger partial charge in [0.05, 0.1) is 18.1 Å². The number of anilines is 1. The maximum absolute atomic E-state index is 10.8. The number of carboxylic acid groups (broad SMARTS) is 1. The van der Waals surface area contributed by atoms with Gasteiger partial charge in [-0.3, -0.25) is 9.78 Å². The predicted octanol–water partition coefficient (Wildman–Crippen LogP) is 1.16. The third kappa shape index (κ3) is 2.87. The quantitative estimate of drug-likeness (QED) is 0.858. The molecular formula is C12H15N5O2. The third-order valence-corrected chi connectivity index (χ3v) is 2.58. The smallest absolute Gasteiger partial charge is 0.325 e. The van der Waals surface area contributed by atoms with Crippen LogP contribution < -0.4 is 5.32 Å². The molecule has 0 fully saturated rings. The maximum Gasteiger partial charge on any atom is 0.325 e. The molecule has 2 rings (SSSR count). The van der Waals surface area contributed by atoms with Crippen LogP contribution in [0.4, 0.5) is 5.82 Å². The zero-order valence-corrected chi connectivity index (χ0v) is 11.0. The van der Waals surface area contributed by atoms with Gasteiger partial charge in [-0.15, -0.1) is 0 Å². The number of aromatic nitrogens is 4. The highest BCUT2D eigenvalue weighted by Gasteiger charge is 2.12. The summed E-state index contributed by atoms with van der Waals surface area (Å²) in [5.74, 6) is 0.00598. The SMILES string of the molecule is Cc1cc(C)n(-c2cncc(N[C@@H](C)C(=O)O)n2)n1. The highest BCUT2D eigenvalue weighted by molar-refractivity contribution is 5.76. The zero-order chi connectivity index (χ0) is 14.0. The van der Waals surface area contributed by atoms with Crippen molar-refractivity contribution >= 4 is 11.8 Å². The molecule has 7 nitrogen and oxygen atoms in total. The van der Waals surface area contributed by atoms with Gasteiger partial charge in [0.15, 0.2) is 5.82 Å². The lowest BCUT2D eigenvalue weighted by atomic mass is 10.3. The van der Waals surface area contributed by atoms with Gasteiger partial charge in [0.1, 0.15) is 11.9 Å². The second-order valence-corrected chi connectivity index (χ2v) is 4.31. The molecule has 0 spiro atoms. The highest BCUT2D eigenvalue weighted by Crippen LogP contribution is 2.11. The number of aliphatic carboxylic acids is 1. The van der Waals surface area contributed by atoms with Crippen LogP contribution in [0.5, 0.6) is 0 Å². The molecule has 100 valence electrons. The summed E-state index contributed by atoms with van der Waals surface area (Å²) in [5, 5.41) is 15.9. The van der Waals surface area contributed by atoms with Gasteiger partial charge in [-0.1, -0.05) is 0 Å². The molecule has 1 atom stereocenters. The van der Waals surface area contributed by atoms with Crippen molar-refractivity contribution < 1.29 is 9.90 Å². The van der Waals surface area contributed by atoms with Crippen LogP contribution >= 0.6 is 0 Å². The highest BCUT2D eigenvalue weighted by atomic mass is 16.4. The molecule has 2 aromatic heterocycles. The first-order valence-electron chi connectivity index (χ1n) is 5.82. The van der Waals surface area contributed by atoms with Crippen molar-refractivity contribution in [2.24, 2.45) is 0 Å². The van der Waals surface area contributed by atoms with Crippen molar-refractivity contribution in [1.29, 1.82) is 0 Å². The van der Waals surface area contributed by atoms with Crippen LogP contribution in [0.1, 0.15) is 18.3 Å². The molecule has 0 aliphatic carbocycles. The van der Waals surface area contributed by atoms with E-state index in [9.17, 15) is 4.79 Å². The molecule has 0 aliphatic heterocycles. The van der Waals surface area contributed by atoms with Crippen molar-refractivity contribution in [3.63, 3.8) is 0 Å². The van der Waals surface area contributed by atoms with E-state index in [0.717, 1.165) is 11.4 Å². The summed E-state index contributed by atoms with van der Waals surface area (Å²) in [6, 6.07) is 1.20. The number of aryl methyl sites for hydroxylation is 2. The monoisotopic (exact) mass is 261 g/mol. The fourth-order valence-corrected chi connectivity index (χ4v) is 1.67. The van der Waals surface area contributed by atoms with Crippen LogP contribution in [-0.2, 0) is 4.79 Å². The largest absolute Gasteiger partial charge is 0.480 e. The van der Waals surface area contributed by atoms with Crippen LogP contribution in [0.15, 0.2) is 18.5 Å². The number of rotatable bonds is 4. The summed E-state index contributed by atoms with van der Waals surface area (Å²) >= 11 is 0. The van der Waals surface area contributed by atoms with E-state index in [2.05, 4.69) is 20.4 Å². The molecule has 19 heavy (non-hydrogen) atoms. The fourth-order valence-electron chi connectivity index (χ4n) is 1.67. The van der Waals surface area contributed by atoms with Gasteiger partial charge in [-0.05, 0) is 26.8 Å². The number of hydrogen-bond acceptors (Lipinski definition) is 5. The normalized spacial score (nSPS) is 12.2. The predicted molar refractivity (Wildman–Crippen MR) is 69.3 cm³/mol. The van der Waals surface area contributed by atoms with E-state index in [0.29, 0.717) is 11.6 Å². The minimum absolute atomic E-state index is 0.403. The molecule has 2 heterocycles. The standard InChI is InChI=1S/C12H15N5O2/c1-7-4-8(2)17(16-7)11-6-13-5-10(15-11)14-9(3)12(18)19/h4-6,9H,1-3H3,(H,14,15)(H,18,19)/t9-/m0/s1. The maximum atomic E-state index is 10.8. The molecule has 7 heteroatoms. The Hall–Kier alpha value is -2.44. The van der Waals surface area contributed by atoms with E-state index < -0.39 is 12.0 Å². The Bertz CT molecular complexity index is 608. The Morgan fingerprint density at radius 2 is 2.16 bits per heavy atom. The average Bonchev–Trinajstić information content (AvgIpc) is 2.68. The van der Waals surface area contributed by atoms with Gasteiger partial charge < -0.3 is 10.4 Å². The first-order chi connectivity index (χ1) is 8.97. The number of carboxylic acids is 1. The number of nitrogens with one attached hydrogen (secondary N) is 1. The van der Waals surface area contributed by atoms with Crippen LogP contribution in [0.25, 0.3) is 5.82 Å². The van der Waals surface area contributed by atoms with Crippen molar-refractivity contribution in [3.8, 4) is 5.82 Å². The molecule has 0 aliphatic rings. The van der Waals surface area contributed by atoms with E-state index in [1.165, 1.54) is 6.20 Å². The lowest BCUT2D eigenvalue weighted by Crippen LogP contribution is -2.26. The van der Waals surface area contributed by atoms with Gasteiger partial charge in [0.25, 0.3) is 0 Å². The van der Waals surface area contributed by atoms with Crippen LogP contribution in [0.3, 0.4) is 0 Å². The lowest BCUT2D eigenvalue weighted by molar-refractivity contribution is -0.137. The average molecular weight is 261 g/mol. The van der Waals surface area contributed by atoms with Gasteiger partial charge in [0.2, 0.25) is 0 Å². The minimum Gasteiger partial charge on any atom is -0.480 e. The third-order valence-electron chi connectivity index (χ3n) is 2.58. The molecule has 2 aromatic rings. The molecular weight excluding hydrogens is 246 g/mol. The Morgan fingerprint density at radius 1 is 1.42 bits per heavy atom. The molecule has 0 radical (unpaired) electrons. The number of carbonyl (C=O) groups is 1. The Kier molecular flexibility index (Phi) is 3.46. The van der Waals surface area contributed by atoms with Crippen LogP contribution in [0, 0.1) is 13.8 Å². The molecule has 2 N–H and O–H groups in total. The fraction of sp³-hybridized carbons (Fsp3) is 0.333. The lowest BCUT2D eigenvalue weighted by Gasteiger charge is -2.10. The summed E-state index contributed by atoms with van der Waals surface area (Å²) < 4.78 is 1.67. The second-order valence-electron chi connectivity index (χ2n) is 4.31. The topological polar surface area (TPSA) is 92.9 Å². The Morgan fingerprint density at radius 3 is 2.74 bits per heavy atom. The second kappa shape index (κ2) is 5.05. The molecule has 0 amide bonds. The number of hydrogen-bond donors (Lipinski definition) is 2. The first kappa shape index (κ1) is 13.0. The molecule has 0 saturated heterocycles. The van der Waals surface area contributed by atoms with Crippen molar-refractivity contribution in [2.75, 3.05) is 5.32 Å². The van der Waals surface area contributed by atoms with E-state index in [4.69, 9.17) is 5.11 Å². The van der Waals surface area contributed by atoms with Gasteiger partial charge in [-0.2, -0.15) is 5.10 Å². The van der Waals surface area contributed by atoms with Crippen molar-refractivity contribution in [2.45, 2.75) is 26.8 Å². The van der Waals surface area contributed by atoms with Gasteiger partial charge >= 0.3 is 5.97 Å². The van der Waals surface area contributed by atoms with Crippen molar-refractivity contribution in [3.05, 3.63) is 29.8 Å². The van der Waals surface area contributed by atoms with Gasteiger partial charge in [0, 0.05) is 5.69 Å². The number of nitrogens with zero attached hydrogens (tertiary/aromatic N) is 4. The van der Waals surface area contributed by atoms with Crippen LogP contribution in [-0.4, -0.2) is 36.9 Å². The van der Waals surface area contributed by atoms with Crippen molar-refractivity contribution in [1.82, 2.24) is 19.7 Å². The van der Waals surface area contributed by atoms with E-state index in [1.54, 1.807) is 17.8 Å². The van der Waals surface area contributed by atoms with E-state index >= 15 is 0 Å². The van der Waals surface area contributed by atoms with E-state index in [1.807, 2.05) is 19.9 Å². The Labute approximate surface area is 110 Å². The molecule has 0 unspecified atom stereocenters. The summed E-state index contributed by atoms with van der Waals surface area (Å²) in [6.07, 6.45) is 3.06. The van der Waals surface area contributed by atoms with E-state index in [-0.39, 0.29) is 0 Å². The summed E-state index contributed by atoms with van der Waals surface area (Å²) in [4.78, 5) is 19.1. The molecule has 0 bridgehead atoms. The summed E-state index contributed by atoms with van der Waals surface area (Å²) in [5.41, 5.74) is 1.83. The first-order valence-corrected chi connectivity index (χ1v) is 5.82. The zero-order valence-electron chi connectivity index (χ0n) is 11.0. The summed E-state index contributed by atoms with van der Waals surface area (Å²) in [6.45, 7) is 5.35. The molecule has 0 aromatic carbocycles. The van der Waals surface area contributed by atoms with Gasteiger partial charge in [-0.25, -0.2) is 9.67 Å².